The van der Waals surface area contributed by atoms with Gasteiger partial charge >= 0.3 is 6.18 Å². The van der Waals surface area contributed by atoms with Gasteiger partial charge in [0.25, 0.3) is 5.91 Å². The van der Waals surface area contributed by atoms with Crippen LogP contribution in [0.3, 0.4) is 0 Å². The zero-order chi connectivity index (χ0) is 26.3. The van der Waals surface area contributed by atoms with Gasteiger partial charge in [0.15, 0.2) is 0 Å². The minimum Gasteiger partial charge on any atom is -0.342 e. The Morgan fingerprint density at radius 1 is 0.972 bits per heavy atom. The number of amides is 1. The third-order valence-corrected chi connectivity index (χ3v) is 7.55. The standard InChI is InChI=1S/C25H16Cl5F3N2O/c26-18-9-13(2-5-17(25(31,32)33)14-10-19(27)22(30)20(28)11-14)1-4-16(18)23(36)35-24(7-8-24)15-3-6-21(29)34-12-15/h1-6,9-12,17H,7-8H2,(H,35,36)/b5-2+. The van der Waals surface area contributed by atoms with E-state index in [0.717, 1.165) is 36.6 Å². The number of carbonyl (C=O) groups excluding carboxylic acids is 1. The molecule has 0 saturated heterocycles. The summed E-state index contributed by atoms with van der Waals surface area (Å²) in [7, 11) is 0. The number of nitrogens with one attached hydrogen (secondary N) is 1. The van der Waals surface area contributed by atoms with E-state index >= 15 is 0 Å². The van der Waals surface area contributed by atoms with E-state index in [-0.39, 0.29) is 31.2 Å². The molecular weight excluding hydrogens is 579 g/mol. The molecule has 4 rings (SSSR count). The summed E-state index contributed by atoms with van der Waals surface area (Å²) >= 11 is 29.9. The van der Waals surface area contributed by atoms with Crippen molar-refractivity contribution in [2.45, 2.75) is 30.5 Å². The quantitative estimate of drug-likeness (QED) is 0.228. The lowest BCUT2D eigenvalue weighted by Gasteiger charge is -2.19. The zero-order valence-electron chi connectivity index (χ0n) is 18.1. The molecule has 3 nitrogen and oxygen atoms in total. The monoisotopic (exact) mass is 592 g/mol. The summed E-state index contributed by atoms with van der Waals surface area (Å²) in [5, 5.41) is 3.24. The van der Waals surface area contributed by atoms with Crippen molar-refractivity contribution in [3.05, 3.63) is 102 Å². The van der Waals surface area contributed by atoms with E-state index in [1.165, 1.54) is 24.3 Å². The molecule has 0 bridgehead atoms. The number of allylic oxidation sites excluding steroid dienone is 1. The molecule has 188 valence electrons. The maximum Gasteiger partial charge on any atom is 0.399 e. The maximum absolute atomic E-state index is 13.8. The van der Waals surface area contributed by atoms with Gasteiger partial charge in [0, 0.05) is 6.20 Å². The van der Waals surface area contributed by atoms with Gasteiger partial charge in [-0.15, -0.1) is 0 Å². The molecular formula is C25H16Cl5F3N2O. The lowest BCUT2D eigenvalue weighted by Crippen LogP contribution is -2.35. The molecule has 0 aliphatic heterocycles. The molecule has 0 radical (unpaired) electrons. The molecule has 2 aromatic carbocycles. The van der Waals surface area contributed by atoms with Crippen LogP contribution in [0.4, 0.5) is 13.2 Å². The fraction of sp³-hybridized carbons (Fsp3) is 0.200. The SMILES string of the molecule is O=C(NC1(c2ccc(Cl)nc2)CC1)c1ccc(/C=C/C(c2cc(Cl)c(Cl)c(Cl)c2)C(F)(F)F)cc1Cl. The van der Waals surface area contributed by atoms with Crippen molar-refractivity contribution >= 4 is 70.0 Å². The fourth-order valence-electron chi connectivity index (χ4n) is 3.74. The number of nitrogens with zero attached hydrogens (tertiary/aromatic N) is 1. The summed E-state index contributed by atoms with van der Waals surface area (Å²) in [6.45, 7) is 0. The maximum atomic E-state index is 13.8. The minimum atomic E-state index is -4.62. The van der Waals surface area contributed by atoms with Crippen LogP contribution in [0.5, 0.6) is 0 Å². The molecule has 1 fully saturated rings. The Balaban J connectivity index is 1.54. The Kier molecular flexibility index (Phi) is 7.84. The van der Waals surface area contributed by atoms with E-state index in [1.807, 2.05) is 0 Å². The summed E-state index contributed by atoms with van der Waals surface area (Å²) < 4.78 is 41.4. The Morgan fingerprint density at radius 3 is 2.17 bits per heavy atom. The molecule has 1 atom stereocenters. The number of rotatable bonds is 6. The Hall–Kier alpha value is -1.96. The van der Waals surface area contributed by atoms with E-state index in [9.17, 15) is 18.0 Å². The van der Waals surface area contributed by atoms with Crippen molar-refractivity contribution in [3.8, 4) is 0 Å². The fourth-order valence-corrected chi connectivity index (χ4v) is 4.74. The molecule has 1 unspecified atom stereocenters. The molecule has 0 spiro atoms. The molecule has 1 aliphatic rings. The highest BCUT2D eigenvalue weighted by Gasteiger charge is 2.46. The van der Waals surface area contributed by atoms with Crippen LogP contribution in [-0.4, -0.2) is 17.1 Å². The summed E-state index contributed by atoms with van der Waals surface area (Å²) in [5.74, 6) is -2.39. The van der Waals surface area contributed by atoms with E-state index in [4.69, 9.17) is 58.0 Å². The van der Waals surface area contributed by atoms with Crippen molar-refractivity contribution in [3.63, 3.8) is 0 Å². The number of benzene rings is 2. The normalized spacial score (nSPS) is 15.7. The molecule has 3 aromatic rings. The smallest absolute Gasteiger partial charge is 0.342 e. The number of alkyl halides is 3. The third kappa shape index (κ3) is 5.95. The molecule has 1 N–H and O–H groups in total. The molecule has 1 heterocycles. The van der Waals surface area contributed by atoms with Crippen LogP contribution in [0, 0.1) is 0 Å². The van der Waals surface area contributed by atoms with Crippen LogP contribution in [0.25, 0.3) is 6.08 Å². The Labute approximate surface area is 230 Å². The minimum absolute atomic E-state index is 0.0204. The lowest BCUT2D eigenvalue weighted by atomic mass is 9.97. The van der Waals surface area contributed by atoms with Crippen LogP contribution in [0.1, 0.15) is 45.8 Å². The zero-order valence-corrected chi connectivity index (χ0v) is 21.9. The van der Waals surface area contributed by atoms with Crippen molar-refractivity contribution in [2.24, 2.45) is 0 Å². The average Bonchev–Trinajstić information content (AvgIpc) is 3.57. The number of pyridine rings is 1. The van der Waals surface area contributed by atoms with Gasteiger partial charge in [-0.25, -0.2) is 4.98 Å². The lowest BCUT2D eigenvalue weighted by molar-refractivity contribution is -0.139. The first-order valence-electron chi connectivity index (χ1n) is 10.5. The second-order valence-corrected chi connectivity index (χ2v) is 10.3. The Bertz CT molecular complexity index is 1320. The number of hydrogen-bond donors (Lipinski definition) is 1. The molecule has 1 aliphatic carbocycles. The van der Waals surface area contributed by atoms with Crippen LogP contribution in [-0.2, 0) is 5.54 Å². The number of carbonyl (C=O) groups is 1. The van der Waals surface area contributed by atoms with Gasteiger partial charge in [-0.05, 0) is 59.9 Å². The van der Waals surface area contributed by atoms with Crippen molar-refractivity contribution in [1.82, 2.24) is 10.3 Å². The van der Waals surface area contributed by atoms with Crippen LogP contribution in [0.15, 0.2) is 54.7 Å². The highest BCUT2D eigenvalue weighted by molar-refractivity contribution is 6.48. The molecule has 1 saturated carbocycles. The van der Waals surface area contributed by atoms with Crippen LogP contribution in [0.2, 0.25) is 25.2 Å². The third-order valence-electron chi connectivity index (χ3n) is 5.82. The molecule has 11 heteroatoms. The van der Waals surface area contributed by atoms with Crippen molar-refractivity contribution in [1.29, 1.82) is 0 Å². The highest BCUT2D eigenvalue weighted by Crippen LogP contribution is 2.46. The van der Waals surface area contributed by atoms with Crippen molar-refractivity contribution in [2.75, 3.05) is 0 Å². The van der Waals surface area contributed by atoms with Crippen LogP contribution >= 0.6 is 58.0 Å². The summed E-state index contributed by atoms with van der Waals surface area (Å²) in [4.78, 5) is 17.0. The topological polar surface area (TPSA) is 42.0 Å². The number of halogens is 8. The largest absolute Gasteiger partial charge is 0.399 e. The van der Waals surface area contributed by atoms with Crippen molar-refractivity contribution < 1.29 is 18.0 Å². The van der Waals surface area contributed by atoms with E-state index in [2.05, 4.69) is 10.3 Å². The Morgan fingerprint density at radius 2 is 1.64 bits per heavy atom. The van der Waals surface area contributed by atoms with Gasteiger partial charge in [0.2, 0.25) is 0 Å². The van der Waals surface area contributed by atoms with Gasteiger partial charge in [0.05, 0.1) is 37.1 Å². The van der Waals surface area contributed by atoms with E-state index in [0.29, 0.717) is 10.7 Å². The van der Waals surface area contributed by atoms with E-state index in [1.54, 1.807) is 18.3 Å². The number of aromatic nitrogens is 1. The predicted octanol–water partition coefficient (Wildman–Crippen LogP) is 9.13. The van der Waals surface area contributed by atoms with Gasteiger partial charge in [-0.3, -0.25) is 4.79 Å². The molecule has 36 heavy (non-hydrogen) atoms. The van der Waals surface area contributed by atoms with Crippen LogP contribution < -0.4 is 5.32 Å². The first-order chi connectivity index (χ1) is 16.9. The predicted molar refractivity (Wildman–Crippen MR) is 138 cm³/mol. The first kappa shape index (κ1) is 27.1. The summed E-state index contributed by atoms with van der Waals surface area (Å²) in [6.07, 6.45) is 0.701. The summed E-state index contributed by atoms with van der Waals surface area (Å²) in [5.41, 5.74) is 0.700. The second kappa shape index (κ2) is 10.4. The second-order valence-electron chi connectivity index (χ2n) is 8.32. The van der Waals surface area contributed by atoms with E-state index < -0.39 is 23.5 Å². The summed E-state index contributed by atoms with van der Waals surface area (Å²) in [6, 6.07) is 10.1. The molecule has 1 amide bonds. The van der Waals surface area contributed by atoms with Gasteiger partial charge < -0.3 is 5.32 Å². The molecule has 1 aromatic heterocycles. The van der Waals surface area contributed by atoms with Gasteiger partial charge in [-0.2, -0.15) is 13.2 Å². The highest BCUT2D eigenvalue weighted by atomic mass is 35.5. The van der Waals surface area contributed by atoms with Gasteiger partial charge in [-0.1, -0.05) is 82.3 Å². The number of hydrogen-bond acceptors (Lipinski definition) is 2. The first-order valence-corrected chi connectivity index (χ1v) is 12.4. The van der Waals surface area contributed by atoms with Gasteiger partial charge in [0.1, 0.15) is 5.15 Å². The average molecular weight is 595 g/mol.